The number of nitrogens with two attached hydrogens (primary N) is 1. The van der Waals surface area contributed by atoms with Crippen LogP contribution in [0.4, 0.5) is 5.69 Å². The predicted octanol–water partition coefficient (Wildman–Crippen LogP) is 0.410. The highest BCUT2D eigenvalue weighted by Crippen LogP contribution is 2.40. The third-order valence-corrected chi connectivity index (χ3v) is 2.20. The van der Waals surface area contributed by atoms with E-state index in [1.54, 1.807) is 19.2 Å². The van der Waals surface area contributed by atoms with Gasteiger partial charge in [0.25, 0.3) is 0 Å². The number of fused-ring (bicyclic) bond motifs is 1. The second kappa shape index (κ2) is 3.86. The SMILES string of the molecule is COc1cc(N)c2c(c1)O[C@H](CO)CO2. The van der Waals surface area contributed by atoms with Gasteiger partial charge < -0.3 is 25.1 Å². The van der Waals surface area contributed by atoms with E-state index in [4.69, 9.17) is 25.1 Å². The van der Waals surface area contributed by atoms with Crippen molar-refractivity contribution in [3.63, 3.8) is 0 Å². The van der Waals surface area contributed by atoms with Gasteiger partial charge in [-0.2, -0.15) is 0 Å². The largest absolute Gasteiger partial charge is 0.497 e. The molecule has 5 nitrogen and oxygen atoms in total. The number of methoxy groups -OCH3 is 1. The minimum atomic E-state index is -0.344. The first-order valence-corrected chi connectivity index (χ1v) is 4.62. The molecule has 15 heavy (non-hydrogen) atoms. The van der Waals surface area contributed by atoms with Gasteiger partial charge in [0.05, 0.1) is 19.4 Å². The van der Waals surface area contributed by atoms with Crippen LogP contribution in [0.1, 0.15) is 0 Å². The molecule has 1 aliphatic rings. The molecule has 1 atom stereocenters. The highest BCUT2D eigenvalue weighted by atomic mass is 16.6. The zero-order valence-electron chi connectivity index (χ0n) is 8.40. The van der Waals surface area contributed by atoms with E-state index in [-0.39, 0.29) is 12.7 Å². The van der Waals surface area contributed by atoms with Crippen molar-refractivity contribution in [3.8, 4) is 17.2 Å². The number of ether oxygens (including phenoxy) is 3. The van der Waals surface area contributed by atoms with Crippen molar-refractivity contribution in [1.82, 2.24) is 0 Å². The van der Waals surface area contributed by atoms with Gasteiger partial charge >= 0.3 is 0 Å². The molecule has 1 aliphatic heterocycles. The van der Waals surface area contributed by atoms with Crippen LogP contribution < -0.4 is 19.9 Å². The summed E-state index contributed by atoms with van der Waals surface area (Å²) < 4.78 is 15.9. The number of hydrogen-bond donors (Lipinski definition) is 2. The summed E-state index contributed by atoms with van der Waals surface area (Å²) in [5.74, 6) is 1.63. The van der Waals surface area contributed by atoms with E-state index < -0.39 is 0 Å². The van der Waals surface area contributed by atoms with Crippen molar-refractivity contribution < 1.29 is 19.3 Å². The van der Waals surface area contributed by atoms with Crippen LogP contribution in [0, 0.1) is 0 Å². The lowest BCUT2D eigenvalue weighted by Gasteiger charge is -2.26. The fourth-order valence-corrected chi connectivity index (χ4v) is 1.44. The van der Waals surface area contributed by atoms with Crippen LogP contribution in [0.15, 0.2) is 12.1 Å². The fraction of sp³-hybridized carbons (Fsp3) is 0.400. The summed E-state index contributed by atoms with van der Waals surface area (Å²) in [5.41, 5.74) is 6.23. The molecular formula is C10H13NO4. The quantitative estimate of drug-likeness (QED) is 0.693. The zero-order valence-corrected chi connectivity index (χ0v) is 8.40. The predicted molar refractivity (Wildman–Crippen MR) is 54.4 cm³/mol. The Hall–Kier alpha value is -1.62. The molecule has 0 fully saturated rings. The average molecular weight is 211 g/mol. The average Bonchev–Trinajstić information content (AvgIpc) is 2.28. The van der Waals surface area contributed by atoms with Gasteiger partial charge in [0.1, 0.15) is 12.4 Å². The Labute approximate surface area is 87.4 Å². The molecule has 0 saturated carbocycles. The maximum atomic E-state index is 8.94. The van der Waals surface area contributed by atoms with Gasteiger partial charge in [-0.3, -0.25) is 0 Å². The van der Waals surface area contributed by atoms with E-state index in [9.17, 15) is 0 Å². The Morgan fingerprint density at radius 2 is 2.40 bits per heavy atom. The highest BCUT2D eigenvalue weighted by molar-refractivity contribution is 5.64. The standard InChI is InChI=1S/C10H13NO4/c1-13-6-2-8(11)10-9(3-6)15-7(4-12)5-14-10/h2-3,7,12H,4-5,11H2,1H3/t7-/m1/s1. The summed E-state index contributed by atoms with van der Waals surface area (Å²) in [5, 5.41) is 8.94. The van der Waals surface area contributed by atoms with E-state index in [2.05, 4.69) is 0 Å². The fourth-order valence-electron chi connectivity index (χ4n) is 1.44. The van der Waals surface area contributed by atoms with Crippen LogP contribution in [0.5, 0.6) is 17.2 Å². The number of benzene rings is 1. The first-order valence-electron chi connectivity index (χ1n) is 4.62. The molecule has 82 valence electrons. The highest BCUT2D eigenvalue weighted by Gasteiger charge is 2.23. The van der Waals surface area contributed by atoms with E-state index in [0.29, 0.717) is 29.5 Å². The van der Waals surface area contributed by atoms with Crippen LogP contribution in [0.25, 0.3) is 0 Å². The second-order valence-electron chi connectivity index (χ2n) is 3.28. The molecule has 0 spiro atoms. The van der Waals surface area contributed by atoms with Gasteiger partial charge in [0, 0.05) is 12.1 Å². The van der Waals surface area contributed by atoms with Gasteiger partial charge in [-0.25, -0.2) is 0 Å². The molecule has 1 aromatic carbocycles. The topological polar surface area (TPSA) is 73.9 Å². The van der Waals surface area contributed by atoms with E-state index in [0.717, 1.165) is 0 Å². The number of rotatable bonds is 2. The lowest BCUT2D eigenvalue weighted by molar-refractivity contribution is 0.0459. The molecule has 0 bridgehead atoms. The van der Waals surface area contributed by atoms with Crippen LogP contribution in [0.2, 0.25) is 0 Å². The van der Waals surface area contributed by atoms with Crippen LogP contribution in [-0.4, -0.2) is 31.5 Å². The van der Waals surface area contributed by atoms with Gasteiger partial charge in [-0.05, 0) is 0 Å². The summed E-state index contributed by atoms with van der Waals surface area (Å²) in [6.07, 6.45) is -0.344. The Morgan fingerprint density at radius 1 is 1.60 bits per heavy atom. The first kappa shape index (κ1) is 9.92. The van der Waals surface area contributed by atoms with Crippen molar-refractivity contribution in [2.24, 2.45) is 0 Å². The molecular weight excluding hydrogens is 198 g/mol. The smallest absolute Gasteiger partial charge is 0.184 e. The third-order valence-electron chi connectivity index (χ3n) is 2.20. The van der Waals surface area contributed by atoms with Gasteiger partial charge in [-0.15, -0.1) is 0 Å². The molecule has 0 amide bonds. The number of aliphatic hydroxyl groups excluding tert-OH is 1. The van der Waals surface area contributed by atoms with Gasteiger partial charge in [0.2, 0.25) is 0 Å². The lowest BCUT2D eigenvalue weighted by Crippen LogP contribution is -2.32. The van der Waals surface area contributed by atoms with Crippen LogP contribution in [-0.2, 0) is 0 Å². The van der Waals surface area contributed by atoms with Crippen LogP contribution in [0.3, 0.4) is 0 Å². The molecule has 5 heteroatoms. The first-order chi connectivity index (χ1) is 7.24. The summed E-state index contributed by atoms with van der Waals surface area (Å²) in [4.78, 5) is 0. The maximum absolute atomic E-state index is 8.94. The molecule has 1 aromatic rings. The summed E-state index contributed by atoms with van der Waals surface area (Å²) >= 11 is 0. The third kappa shape index (κ3) is 1.78. The van der Waals surface area contributed by atoms with Crippen molar-refractivity contribution in [3.05, 3.63) is 12.1 Å². The Kier molecular flexibility index (Phi) is 2.55. The summed E-state index contributed by atoms with van der Waals surface area (Å²) in [7, 11) is 1.55. The van der Waals surface area contributed by atoms with E-state index >= 15 is 0 Å². The number of nitrogen functional groups attached to an aromatic ring is 1. The summed E-state index contributed by atoms with van der Waals surface area (Å²) in [6, 6.07) is 3.36. The maximum Gasteiger partial charge on any atom is 0.184 e. The zero-order chi connectivity index (χ0) is 10.8. The number of aliphatic hydroxyl groups is 1. The molecule has 0 aliphatic carbocycles. The van der Waals surface area contributed by atoms with Crippen LogP contribution >= 0.6 is 0 Å². The van der Waals surface area contributed by atoms with E-state index in [1.165, 1.54) is 0 Å². The minimum absolute atomic E-state index is 0.0868. The normalized spacial score (nSPS) is 18.7. The molecule has 0 saturated heterocycles. The Balaban J connectivity index is 2.35. The second-order valence-corrected chi connectivity index (χ2v) is 3.28. The molecule has 3 N–H and O–H groups in total. The van der Waals surface area contributed by atoms with Crippen molar-refractivity contribution in [2.75, 3.05) is 26.1 Å². The molecule has 0 unspecified atom stereocenters. The Morgan fingerprint density at radius 3 is 3.07 bits per heavy atom. The van der Waals surface area contributed by atoms with E-state index in [1.807, 2.05) is 0 Å². The van der Waals surface area contributed by atoms with Crippen molar-refractivity contribution in [1.29, 1.82) is 0 Å². The van der Waals surface area contributed by atoms with Crippen molar-refractivity contribution >= 4 is 5.69 Å². The molecule has 0 aromatic heterocycles. The Bertz CT molecular complexity index is 367. The minimum Gasteiger partial charge on any atom is -0.497 e. The molecule has 0 radical (unpaired) electrons. The molecule has 2 rings (SSSR count). The van der Waals surface area contributed by atoms with Gasteiger partial charge in [0.15, 0.2) is 17.6 Å². The molecule has 1 heterocycles. The monoisotopic (exact) mass is 211 g/mol. The lowest BCUT2D eigenvalue weighted by atomic mass is 10.2. The summed E-state index contributed by atoms with van der Waals surface area (Å²) in [6.45, 7) is 0.219. The van der Waals surface area contributed by atoms with Crippen molar-refractivity contribution in [2.45, 2.75) is 6.10 Å². The number of hydrogen-bond acceptors (Lipinski definition) is 5. The van der Waals surface area contributed by atoms with Gasteiger partial charge in [-0.1, -0.05) is 0 Å². The number of anilines is 1.